The van der Waals surface area contributed by atoms with Crippen molar-refractivity contribution < 1.29 is 19.7 Å². The summed E-state index contributed by atoms with van der Waals surface area (Å²) in [5.74, 6) is 1.52. The van der Waals surface area contributed by atoms with Crippen LogP contribution in [0.2, 0.25) is 0 Å². The molecule has 2 bridgehead atoms. The van der Waals surface area contributed by atoms with Crippen molar-refractivity contribution in [2.45, 2.75) is 48.7 Å². The van der Waals surface area contributed by atoms with Crippen LogP contribution in [0.15, 0.2) is 53.0 Å². The molecule has 2 atom stereocenters. The second kappa shape index (κ2) is 9.13. The number of rotatable bonds is 7. The topological polar surface area (TPSA) is 113 Å². The first kappa shape index (κ1) is 25.2. The number of ether oxygens (including phenoxy) is 2. The summed E-state index contributed by atoms with van der Waals surface area (Å²) >= 11 is 3.32. The number of aromatic nitrogens is 3. The second-order valence-corrected chi connectivity index (χ2v) is 12.7. The molecule has 5 heterocycles. The molecule has 1 saturated heterocycles. The third kappa shape index (κ3) is 3.61. The molecule has 40 heavy (non-hydrogen) atoms. The van der Waals surface area contributed by atoms with Gasteiger partial charge in [0.25, 0.3) is 0 Å². The average Bonchev–Trinajstić information content (AvgIpc) is 3.66. The van der Waals surface area contributed by atoms with Crippen molar-refractivity contribution in [1.29, 1.82) is 5.26 Å². The first-order chi connectivity index (χ1) is 19.4. The maximum Gasteiger partial charge on any atom is 0.205 e. The molecule has 2 aromatic carbocycles. The molecule has 2 aliphatic rings. The molecule has 0 amide bonds. The Hall–Kier alpha value is -3.78. The van der Waals surface area contributed by atoms with Gasteiger partial charge in [-0.05, 0) is 75.6 Å². The van der Waals surface area contributed by atoms with Gasteiger partial charge in [-0.15, -0.1) is 11.3 Å². The molecule has 10 heteroatoms. The predicted octanol–water partition coefficient (Wildman–Crippen LogP) is 6.73. The SMILES string of the molecule is CCOc1ccc2nc(SCC[C@@]34CC[C@@](C)(O3)c3c4c(O)n(-c4ccc(C#N)c5ncccc45)c3O)sc2c1. The number of thioether (sulfide) groups is 1. The molecule has 3 aromatic heterocycles. The van der Waals surface area contributed by atoms with Gasteiger partial charge in [0.1, 0.15) is 17.4 Å². The smallest absolute Gasteiger partial charge is 0.205 e. The van der Waals surface area contributed by atoms with Crippen LogP contribution < -0.4 is 4.74 Å². The molecule has 2 N–H and O–H groups in total. The molecule has 0 saturated carbocycles. The molecule has 0 radical (unpaired) electrons. The van der Waals surface area contributed by atoms with Gasteiger partial charge in [0.05, 0.1) is 50.3 Å². The summed E-state index contributed by atoms with van der Waals surface area (Å²) in [6, 6.07) is 15.2. The quantitative estimate of drug-likeness (QED) is 0.207. The molecule has 8 nitrogen and oxygen atoms in total. The number of fused-ring (bicyclic) bond motifs is 7. The van der Waals surface area contributed by atoms with E-state index in [4.69, 9.17) is 14.5 Å². The van der Waals surface area contributed by atoms with Gasteiger partial charge in [-0.25, -0.2) is 4.98 Å². The Morgan fingerprint density at radius 1 is 1.18 bits per heavy atom. The molecular weight excluding hydrogens is 544 g/mol. The number of hydrogen-bond donors (Lipinski definition) is 2. The highest BCUT2D eigenvalue weighted by Crippen LogP contribution is 2.65. The van der Waals surface area contributed by atoms with Gasteiger partial charge in [-0.3, -0.25) is 9.55 Å². The Bertz CT molecular complexity index is 1860. The number of pyridine rings is 1. The highest BCUT2D eigenvalue weighted by molar-refractivity contribution is 8.01. The van der Waals surface area contributed by atoms with Crippen molar-refractivity contribution in [3.8, 4) is 29.3 Å². The fourth-order valence-corrected chi connectivity index (χ4v) is 8.53. The van der Waals surface area contributed by atoms with E-state index in [1.807, 2.05) is 38.1 Å². The van der Waals surface area contributed by atoms with Crippen LogP contribution in [0.1, 0.15) is 49.8 Å². The van der Waals surface area contributed by atoms with Crippen molar-refractivity contribution >= 4 is 44.2 Å². The summed E-state index contributed by atoms with van der Waals surface area (Å²) in [5.41, 5.74) is 2.38. The molecular formula is C30H26N4O4S2. The Labute approximate surface area is 238 Å². The first-order valence-electron chi connectivity index (χ1n) is 13.2. The van der Waals surface area contributed by atoms with Crippen LogP contribution in [0.4, 0.5) is 0 Å². The summed E-state index contributed by atoms with van der Waals surface area (Å²) < 4.78 is 15.8. The van der Waals surface area contributed by atoms with Crippen molar-refractivity contribution in [1.82, 2.24) is 14.5 Å². The van der Waals surface area contributed by atoms with E-state index in [0.717, 1.165) is 38.9 Å². The lowest BCUT2D eigenvalue weighted by molar-refractivity contribution is -0.0803. The van der Waals surface area contributed by atoms with E-state index in [1.165, 1.54) is 4.57 Å². The lowest BCUT2D eigenvalue weighted by Gasteiger charge is -2.26. The highest BCUT2D eigenvalue weighted by Gasteiger charge is 2.61. The molecule has 1 fully saturated rings. The minimum absolute atomic E-state index is 0.0285. The monoisotopic (exact) mass is 570 g/mol. The molecule has 2 aliphatic heterocycles. The van der Waals surface area contributed by atoms with Crippen LogP contribution in [0, 0.1) is 11.3 Å². The van der Waals surface area contributed by atoms with Crippen molar-refractivity contribution in [3.05, 3.63) is 65.4 Å². The second-order valence-electron chi connectivity index (χ2n) is 10.3. The van der Waals surface area contributed by atoms with Gasteiger partial charge in [-0.1, -0.05) is 11.8 Å². The average molecular weight is 571 g/mol. The van der Waals surface area contributed by atoms with E-state index >= 15 is 0 Å². The summed E-state index contributed by atoms with van der Waals surface area (Å²) in [7, 11) is 0. The van der Waals surface area contributed by atoms with Gasteiger partial charge < -0.3 is 19.7 Å². The van der Waals surface area contributed by atoms with Crippen LogP contribution in [0.25, 0.3) is 26.8 Å². The molecule has 202 valence electrons. The van der Waals surface area contributed by atoms with E-state index < -0.39 is 11.2 Å². The fraction of sp³-hybridized carbons (Fsp3) is 0.300. The minimum atomic E-state index is -0.705. The number of aromatic hydroxyl groups is 2. The molecule has 5 aromatic rings. The van der Waals surface area contributed by atoms with Crippen LogP contribution in [0.3, 0.4) is 0 Å². The van der Waals surface area contributed by atoms with E-state index in [-0.39, 0.29) is 11.8 Å². The maximum absolute atomic E-state index is 11.7. The Morgan fingerprint density at radius 2 is 2.02 bits per heavy atom. The number of thiazole rings is 1. The van der Waals surface area contributed by atoms with E-state index in [0.29, 0.717) is 46.3 Å². The van der Waals surface area contributed by atoms with E-state index in [9.17, 15) is 15.5 Å². The van der Waals surface area contributed by atoms with Crippen LogP contribution in [-0.2, 0) is 15.9 Å². The van der Waals surface area contributed by atoms with Gasteiger partial charge in [0.15, 0.2) is 4.34 Å². The van der Waals surface area contributed by atoms with Crippen LogP contribution in [0.5, 0.6) is 17.5 Å². The number of nitrogens with zero attached hydrogens (tertiary/aromatic N) is 4. The lowest BCUT2D eigenvalue weighted by Crippen LogP contribution is -2.23. The molecule has 0 unspecified atom stereocenters. The third-order valence-corrected chi connectivity index (χ3v) is 10.2. The summed E-state index contributed by atoms with van der Waals surface area (Å²) in [6.07, 6.45) is 3.79. The lowest BCUT2D eigenvalue weighted by atomic mass is 9.78. The summed E-state index contributed by atoms with van der Waals surface area (Å²) in [6.45, 7) is 4.58. The zero-order chi connectivity index (χ0) is 27.6. The largest absolute Gasteiger partial charge is 0.494 e. The van der Waals surface area contributed by atoms with E-state index in [2.05, 4.69) is 11.1 Å². The summed E-state index contributed by atoms with van der Waals surface area (Å²) in [5, 5.41) is 33.4. The normalized spacial score (nSPS) is 21.2. The van der Waals surface area contributed by atoms with Crippen LogP contribution >= 0.6 is 23.1 Å². The Morgan fingerprint density at radius 3 is 2.85 bits per heavy atom. The zero-order valence-electron chi connectivity index (χ0n) is 22.0. The zero-order valence-corrected chi connectivity index (χ0v) is 23.6. The minimum Gasteiger partial charge on any atom is -0.494 e. The number of hydrogen-bond acceptors (Lipinski definition) is 9. The van der Waals surface area contributed by atoms with Gasteiger partial charge in [0, 0.05) is 17.3 Å². The Kier molecular flexibility index (Phi) is 5.75. The highest BCUT2D eigenvalue weighted by atomic mass is 32.2. The molecule has 0 aliphatic carbocycles. The van der Waals surface area contributed by atoms with Crippen molar-refractivity contribution in [2.24, 2.45) is 0 Å². The van der Waals surface area contributed by atoms with Crippen molar-refractivity contribution in [3.63, 3.8) is 0 Å². The van der Waals surface area contributed by atoms with Gasteiger partial charge in [-0.2, -0.15) is 5.26 Å². The Balaban J connectivity index is 1.23. The first-order valence-corrected chi connectivity index (χ1v) is 15.0. The maximum atomic E-state index is 11.7. The number of nitriles is 1. The molecule has 7 rings (SSSR count). The standard InChI is InChI=1S/C30H26N4O4S2/c1-3-37-18-7-8-20-22(15-18)40-28(33-20)39-14-12-30-11-10-29(2,38-30)23-24(30)27(36)34(26(23)35)21-9-6-17(16-31)25-19(21)5-4-13-32-25/h4-9,13,15,35-36H,3,10-12,14H2,1-2H3/t29-,30-/m1/s1. The van der Waals surface area contributed by atoms with Crippen molar-refractivity contribution in [2.75, 3.05) is 12.4 Å². The van der Waals surface area contributed by atoms with Gasteiger partial charge >= 0.3 is 0 Å². The van der Waals surface area contributed by atoms with E-state index in [1.54, 1.807) is 47.5 Å². The number of benzene rings is 2. The van der Waals surface area contributed by atoms with Gasteiger partial charge in [0.2, 0.25) is 11.8 Å². The molecule has 0 spiro atoms. The summed E-state index contributed by atoms with van der Waals surface area (Å²) in [4.78, 5) is 9.17. The third-order valence-electron chi connectivity index (χ3n) is 8.02. The van der Waals surface area contributed by atoms with Crippen LogP contribution in [-0.4, -0.2) is 37.1 Å². The predicted molar refractivity (Wildman–Crippen MR) is 155 cm³/mol. The fourth-order valence-electron chi connectivity index (χ4n) is 6.28.